The van der Waals surface area contributed by atoms with E-state index in [2.05, 4.69) is 15.0 Å². The third-order valence-electron chi connectivity index (χ3n) is 6.99. The molecule has 1 aliphatic heterocycles. The number of hydrogen-bond donors (Lipinski definition) is 0. The third kappa shape index (κ3) is 5.94. The first kappa shape index (κ1) is 29.1. The molecule has 0 atom stereocenters. The number of halogens is 3. The molecular formula is C29H28ClF2N7O3. The van der Waals surface area contributed by atoms with E-state index in [-0.39, 0.29) is 29.0 Å². The lowest BCUT2D eigenvalue weighted by molar-refractivity contribution is -0.131. The molecule has 4 aromatic heterocycles. The lowest BCUT2D eigenvalue weighted by Crippen LogP contribution is -2.49. The van der Waals surface area contributed by atoms with Crippen LogP contribution in [0.1, 0.15) is 30.3 Å². The fourth-order valence-corrected chi connectivity index (χ4v) is 4.89. The van der Waals surface area contributed by atoms with E-state index in [4.69, 9.17) is 21.3 Å². The van der Waals surface area contributed by atoms with Crippen LogP contribution in [-0.4, -0.2) is 61.5 Å². The minimum atomic E-state index is -0.863. The Bertz CT molecular complexity index is 1710. The summed E-state index contributed by atoms with van der Waals surface area (Å²) in [4.78, 5) is 46.7. The zero-order chi connectivity index (χ0) is 30.0. The van der Waals surface area contributed by atoms with Crippen LogP contribution in [0.5, 0.6) is 5.75 Å². The highest BCUT2D eigenvalue weighted by Gasteiger charge is 2.22. The van der Waals surface area contributed by atoms with Crippen LogP contribution in [0, 0.1) is 25.5 Å². The molecular weight excluding hydrogens is 568 g/mol. The Morgan fingerprint density at radius 3 is 2.50 bits per heavy atom. The van der Waals surface area contributed by atoms with Crippen molar-refractivity contribution in [3.05, 3.63) is 86.8 Å². The van der Waals surface area contributed by atoms with E-state index in [1.807, 2.05) is 23.6 Å². The molecule has 4 aromatic rings. The smallest absolute Gasteiger partial charge is 0.277 e. The third-order valence-corrected chi connectivity index (χ3v) is 7.33. The van der Waals surface area contributed by atoms with Gasteiger partial charge >= 0.3 is 0 Å². The zero-order valence-electron chi connectivity index (χ0n) is 23.3. The molecule has 0 bridgehead atoms. The number of hydrogen-bond acceptors (Lipinski definition) is 8. The summed E-state index contributed by atoms with van der Waals surface area (Å²) in [6, 6.07) is 5.76. The molecule has 0 N–H and O–H groups in total. The summed E-state index contributed by atoms with van der Waals surface area (Å²) in [6.07, 6.45) is 4.66. The first-order valence-electron chi connectivity index (χ1n) is 13.3. The number of piperazine rings is 1. The molecule has 1 saturated heterocycles. The van der Waals surface area contributed by atoms with Gasteiger partial charge in [0.1, 0.15) is 28.9 Å². The van der Waals surface area contributed by atoms with Gasteiger partial charge in [-0.25, -0.2) is 18.7 Å². The molecule has 0 saturated carbocycles. The second kappa shape index (κ2) is 12.2. The Morgan fingerprint density at radius 2 is 1.79 bits per heavy atom. The van der Waals surface area contributed by atoms with Gasteiger partial charge in [0.05, 0.1) is 23.3 Å². The topological polar surface area (TPSA) is 106 Å². The molecule has 5 heterocycles. The predicted molar refractivity (Wildman–Crippen MR) is 153 cm³/mol. The highest BCUT2D eigenvalue weighted by molar-refractivity contribution is 6.31. The Kier molecular flexibility index (Phi) is 8.44. The van der Waals surface area contributed by atoms with Crippen molar-refractivity contribution in [2.75, 3.05) is 31.1 Å². The fraction of sp³-hybridized carbons (Fsp3) is 0.310. The molecule has 1 amide bonds. The normalized spacial score (nSPS) is 13.4. The molecule has 0 unspecified atom stereocenters. The number of amides is 1. The van der Waals surface area contributed by atoms with Gasteiger partial charge in [-0.2, -0.15) is 0 Å². The van der Waals surface area contributed by atoms with Crippen LogP contribution in [0.4, 0.5) is 14.7 Å². The molecule has 1 fully saturated rings. The van der Waals surface area contributed by atoms with Gasteiger partial charge in [-0.05, 0) is 31.5 Å². The summed E-state index contributed by atoms with van der Waals surface area (Å²) >= 11 is 6.41. The van der Waals surface area contributed by atoms with Crippen molar-refractivity contribution in [1.82, 2.24) is 29.4 Å². The largest absolute Gasteiger partial charge is 0.485 e. The lowest BCUT2D eigenvalue weighted by Gasteiger charge is -2.34. The standard InChI is InChI=1S/C29H28ClF2N7O3/c1-4-26(40)37-7-9-38(10-8-37)29-33-6-5-21(36-29)22-13-24(17(2)14-34-22)39-18(3)11-25(27(30)28(39)41)42-16-23-20(32)12-19(31)15-35-23/h5-6,11-15H,4,7-10,16H2,1-3H3. The quantitative estimate of drug-likeness (QED) is 0.312. The van der Waals surface area contributed by atoms with Gasteiger partial charge < -0.3 is 14.5 Å². The van der Waals surface area contributed by atoms with Crippen molar-refractivity contribution in [2.45, 2.75) is 33.8 Å². The summed E-state index contributed by atoms with van der Waals surface area (Å²) in [6.45, 7) is 7.49. The van der Waals surface area contributed by atoms with E-state index in [1.165, 1.54) is 4.57 Å². The van der Waals surface area contributed by atoms with Crippen molar-refractivity contribution in [3.8, 4) is 22.8 Å². The number of aromatic nitrogens is 5. The maximum absolute atomic E-state index is 14.0. The summed E-state index contributed by atoms with van der Waals surface area (Å²) in [5, 5.41) is -0.203. The number of ether oxygens (including phenoxy) is 1. The van der Waals surface area contributed by atoms with Crippen LogP contribution in [0.3, 0.4) is 0 Å². The van der Waals surface area contributed by atoms with Gasteiger partial charge in [-0.1, -0.05) is 18.5 Å². The van der Waals surface area contributed by atoms with E-state index >= 15 is 0 Å². The molecule has 218 valence electrons. The molecule has 1 aliphatic rings. The first-order chi connectivity index (χ1) is 20.2. The van der Waals surface area contributed by atoms with Crippen molar-refractivity contribution < 1.29 is 18.3 Å². The molecule has 0 aliphatic carbocycles. The van der Waals surface area contributed by atoms with Crippen LogP contribution < -0.4 is 15.2 Å². The number of carbonyl (C=O) groups excluding carboxylic acids is 1. The van der Waals surface area contributed by atoms with Gasteiger partial charge in [0, 0.05) is 62.8 Å². The Hall–Kier alpha value is -4.45. The minimum absolute atomic E-state index is 0.0500. The summed E-state index contributed by atoms with van der Waals surface area (Å²) in [7, 11) is 0. The molecule has 42 heavy (non-hydrogen) atoms. The summed E-state index contributed by atoms with van der Waals surface area (Å²) in [5.41, 5.74) is 2.21. The zero-order valence-corrected chi connectivity index (χ0v) is 24.0. The number of pyridine rings is 3. The monoisotopic (exact) mass is 595 g/mol. The maximum atomic E-state index is 14.0. The average molecular weight is 596 g/mol. The number of rotatable bonds is 7. The van der Waals surface area contributed by atoms with E-state index in [0.29, 0.717) is 67.4 Å². The summed E-state index contributed by atoms with van der Waals surface area (Å²) < 4.78 is 34.2. The molecule has 0 aromatic carbocycles. The van der Waals surface area contributed by atoms with Crippen LogP contribution in [-0.2, 0) is 11.4 Å². The second-order valence-corrected chi connectivity index (χ2v) is 10.2. The second-order valence-electron chi connectivity index (χ2n) is 9.79. The SMILES string of the molecule is CCC(=O)N1CCN(c2nccc(-c3cc(-n4c(C)cc(OCc5ncc(F)cc5F)c(Cl)c4=O)c(C)cn3)n2)CC1. The number of aryl methyl sites for hydroxylation is 2. The van der Waals surface area contributed by atoms with Crippen LogP contribution in [0.2, 0.25) is 5.02 Å². The Morgan fingerprint density at radius 1 is 1.02 bits per heavy atom. The number of carbonyl (C=O) groups is 1. The number of nitrogens with zero attached hydrogens (tertiary/aromatic N) is 7. The van der Waals surface area contributed by atoms with Gasteiger partial charge in [0.25, 0.3) is 5.56 Å². The van der Waals surface area contributed by atoms with Gasteiger partial charge in [-0.3, -0.25) is 24.1 Å². The maximum Gasteiger partial charge on any atom is 0.277 e. The van der Waals surface area contributed by atoms with Crippen molar-refractivity contribution in [1.29, 1.82) is 0 Å². The molecule has 13 heteroatoms. The number of anilines is 1. The molecule has 0 radical (unpaired) electrons. The van der Waals surface area contributed by atoms with E-state index < -0.39 is 17.2 Å². The molecule has 5 rings (SSSR count). The van der Waals surface area contributed by atoms with Crippen molar-refractivity contribution >= 4 is 23.5 Å². The van der Waals surface area contributed by atoms with E-state index in [1.54, 1.807) is 37.5 Å². The highest BCUT2D eigenvalue weighted by Crippen LogP contribution is 2.27. The molecule has 0 spiro atoms. The van der Waals surface area contributed by atoms with Crippen LogP contribution in [0.25, 0.3) is 17.1 Å². The molecule has 10 nitrogen and oxygen atoms in total. The van der Waals surface area contributed by atoms with Gasteiger partial charge in [-0.15, -0.1) is 0 Å². The Labute approximate surface area is 245 Å². The van der Waals surface area contributed by atoms with E-state index in [9.17, 15) is 18.4 Å². The average Bonchev–Trinajstić information content (AvgIpc) is 2.99. The Balaban J connectivity index is 1.41. The van der Waals surface area contributed by atoms with Gasteiger partial charge in [0.2, 0.25) is 11.9 Å². The lowest BCUT2D eigenvalue weighted by atomic mass is 10.1. The first-order valence-corrected chi connectivity index (χ1v) is 13.7. The fourth-order valence-electron chi connectivity index (χ4n) is 4.70. The minimum Gasteiger partial charge on any atom is -0.485 e. The van der Waals surface area contributed by atoms with Crippen LogP contribution >= 0.6 is 11.6 Å². The summed E-state index contributed by atoms with van der Waals surface area (Å²) in [5.74, 6) is -0.956. The van der Waals surface area contributed by atoms with Gasteiger partial charge in [0.15, 0.2) is 5.82 Å². The predicted octanol–water partition coefficient (Wildman–Crippen LogP) is 4.27. The van der Waals surface area contributed by atoms with Crippen molar-refractivity contribution in [2.24, 2.45) is 0 Å². The van der Waals surface area contributed by atoms with Crippen molar-refractivity contribution in [3.63, 3.8) is 0 Å². The van der Waals surface area contributed by atoms with Crippen LogP contribution in [0.15, 0.2) is 47.7 Å². The highest BCUT2D eigenvalue weighted by atomic mass is 35.5. The van der Waals surface area contributed by atoms with E-state index in [0.717, 1.165) is 11.8 Å².